The molecule has 138 valence electrons. The first-order chi connectivity index (χ1) is 13.3. The van der Waals surface area contributed by atoms with Crippen molar-refractivity contribution in [3.05, 3.63) is 48.8 Å². The van der Waals surface area contributed by atoms with Crippen LogP contribution in [0.5, 0.6) is 0 Å². The minimum absolute atomic E-state index is 0.592. The van der Waals surface area contributed by atoms with Gasteiger partial charge in [-0.05, 0) is 37.6 Å². The molecule has 8 nitrogen and oxygen atoms in total. The number of hydrogen-bond donors (Lipinski definition) is 0. The normalized spacial score (nSPS) is 11.1. The summed E-state index contributed by atoms with van der Waals surface area (Å²) in [5, 5.41) is 13.5. The number of pyridine rings is 1. The van der Waals surface area contributed by atoms with Gasteiger partial charge in [0.05, 0.1) is 6.26 Å². The van der Waals surface area contributed by atoms with Gasteiger partial charge in [0.15, 0.2) is 16.7 Å². The van der Waals surface area contributed by atoms with E-state index in [0.717, 1.165) is 47.4 Å². The molecule has 0 amide bonds. The van der Waals surface area contributed by atoms with E-state index in [1.807, 2.05) is 24.3 Å². The van der Waals surface area contributed by atoms with Gasteiger partial charge in [-0.1, -0.05) is 16.9 Å². The van der Waals surface area contributed by atoms with Crippen molar-refractivity contribution in [2.24, 2.45) is 0 Å². The summed E-state index contributed by atoms with van der Waals surface area (Å²) in [6, 6.07) is 7.46. The zero-order chi connectivity index (χ0) is 18.5. The van der Waals surface area contributed by atoms with E-state index < -0.39 is 0 Å². The lowest BCUT2D eigenvalue weighted by atomic mass is 10.2. The van der Waals surface area contributed by atoms with Crippen molar-refractivity contribution in [2.75, 3.05) is 5.75 Å². The van der Waals surface area contributed by atoms with Gasteiger partial charge in [-0.15, -0.1) is 10.2 Å². The number of aryl methyl sites for hydroxylation is 1. The summed E-state index contributed by atoms with van der Waals surface area (Å²) in [5.41, 5.74) is 0.899. The maximum atomic E-state index is 5.43. The summed E-state index contributed by atoms with van der Waals surface area (Å²) in [6.45, 7) is 2.85. The third-order valence-corrected chi connectivity index (χ3v) is 5.00. The molecule has 0 atom stereocenters. The van der Waals surface area contributed by atoms with Crippen LogP contribution < -0.4 is 0 Å². The number of aromatic nitrogens is 6. The van der Waals surface area contributed by atoms with Crippen LogP contribution in [0.3, 0.4) is 0 Å². The molecule has 27 heavy (non-hydrogen) atoms. The van der Waals surface area contributed by atoms with Crippen molar-refractivity contribution in [1.82, 2.24) is 29.9 Å². The Hall–Kier alpha value is -2.94. The van der Waals surface area contributed by atoms with Crippen molar-refractivity contribution in [3.63, 3.8) is 0 Å². The van der Waals surface area contributed by atoms with E-state index in [0.29, 0.717) is 11.7 Å². The Labute approximate surface area is 160 Å². The van der Waals surface area contributed by atoms with Gasteiger partial charge in [-0.2, -0.15) is 4.98 Å². The fourth-order valence-electron chi connectivity index (χ4n) is 2.63. The minimum atomic E-state index is 0.592. The van der Waals surface area contributed by atoms with Crippen molar-refractivity contribution >= 4 is 11.8 Å². The van der Waals surface area contributed by atoms with Crippen molar-refractivity contribution < 1.29 is 8.94 Å². The fourth-order valence-corrected chi connectivity index (χ4v) is 3.57. The van der Waals surface area contributed by atoms with Gasteiger partial charge in [0.1, 0.15) is 0 Å². The van der Waals surface area contributed by atoms with E-state index in [-0.39, 0.29) is 0 Å². The monoisotopic (exact) mass is 382 g/mol. The number of hydrogen-bond acceptors (Lipinski definition) is 8. The number of thioether (sulfide) groups is 1. The van der Waals surface area contributed by atoms with Crippen LogP contribution in [0, 0.1) is 0 Å². The summed E-state index contributed by atoms with van der Waals surface area (Å²) in [6.07, 6.45) is 6.68. The van der Waals surface area contributed by atoms with E-state index in [9.17, 15) is 0 Å². The molecule has 0 N–H and O–H groups in total. The van der Waals surface area contributed by atoms with Gasteiger partial charge in [-0.3, -0.25) is 9.55 Å². The zero-order valence-corrected chi connectivity index (χ0v) is 15.6. The largest absolute Gasteiger partial charge is 0.461 e. The first-order valence-electron chi connectivity index (χ1n) is 8.68. The molecule has 0 aliphatic heterocycles. The van der Waals surface area contributed by atoms with E-state index in [1.54, 1.807) is 30.4 Å². The fraction of sp³-hybridized carbons (Fsp3) is 0.278. The molecular weight excluding hydrogens is 364 g/mol. The molecule has 0 aliphatic carbocycles. The first kappa shape index (κ1) is 17.5. The Kier molecular flexibility index (Phi) is 5.29. The summed E-state index contributed by atoms with van der Waals surface area (Å²) < 4.78 is 12.8. The maximum absolute atomic E-state index is 5.43. The second-order valence-corrected chi connectivity index (χ2v) is 6.79. The Morgan fingerprint density at radius 3 is 2.81 bits per heavy atom. The number of rotatable bonds is 8. The zero-order valence-electron chi connectivity index (χ0n) is 14.8. The van der Waals surface area contributed by atoms with Gasteiger partial charge in [0.2, 0.25) is 11.7 Å². The predicted octanol–water partition coefficient (Wildman–Crippen LogP) is 3.73. The molecule has 0 unspecified atom stereocenters. The molecule has 4 rings (SSSR count). The van der Waals surface area contributed by atoms with Crippen molar-refractivity contribution in [3.8, 4) is 23.0 Å². The molecule has 4 aromatic heterocycles. The van der Waals surface area contributed by atoms with E-state index >= 15 is 0 Å². The van der Waals surface area contributed by atoms with E-state index in [2.05, 4.69) is 36.8 Å². The highest BCUT2D eigenvalue weighted by molar-refractivity contribution is 7.99. The summed E-state index contributed by atoms with van der Waals surface area (Å²) in [4.78, 5) is 8.43. The quantitative estimate of drug-likeness (QED) is 0.336. The number of nitrogens with zero attached hydrogens (tertiary/aromatic N) is 6. The van der Waals surface area contributed by atoms with Crippen LogP contribution in [0.25, 0.3) is 23.0 Å². The molecule has 0 saturated heterocycles. The van der Waals surface area contributed by atoms with Crippen LogP contribution in [-0.2, 0) is 13.0 Å². The summed E-state index contributed by atoms with van der Waals surface area (Å²) in [5.74, 6) is 3.59. The van der Waals surface area contributed by atoms with Crippen LogP contribution in [0.15, 0.2) is 57.0 Å². The summed E-state index contributed by atoms with van der Waals surface area (Å²) in [7, 11) is 0. The second kappa shape index (κ2) is 8.17. The highest BCUT2D eigenvalue weighted by atomic mass is 32.2. The van der Waals surface area contributed by atoms with Crippen LogP contribution in [-0.4, -0.2) is 35.6 Å². The molecule has 0 fully saturated rings. The smallest absolute Gasteiger partial charge is 0.226 e. The highest BCUT2D eigenvalue weighted by Crippen LogP contribution is 2.25. The third-order valence-electron chi connectivity index (χ3n) is 3.95. The third kappa shape index (κ3) is 3.92. The van der Waals surface area contributed by atoms with Crippen molar-refractivity contribution in [2.45, 2.75) is 31.5 Å². The average Bonchev–Trinajstić information content (AvgIpc) is 3.46. The Bertz CT molecular complexity index is 981. The average molecular weight is 382 g/mol. The van der Waals surface area contributed by atoms with Gasteiger partial charge in [-0.25, -0.2) is 0 Å². The van der Waals surface area contributed by atoms with Crippen LogP contribution in [0.1, 0.15) is 19.2 Å². The molecule has 9 heteroatoms. The minimum Gasteiger partial charge on any atom is -0.461 e. The summed E-state index contributed by atoms with van der Waals surface area (Å²) >= 11 is 1.66. The Morgan fingerprint density at radius 1 is 1.15 bits per heavy atom. The van der Waals surface area contributed by atoms with Gasteiger partial charge in [0, 0.05) is 36.7 Å². The molecule has 0 spiro atoms. The lowest BCUT2D eigenvalue weighted by molar-refractivity contribution is 0.378. The molecule has 4 heterocycles. The van der Waals surface area contributed by atoms with E-state index in [1.165, 1.54) is 0 Å². The number of furan rings is 1. The van der Waals surface area contributed by atoms with E-state index in [4.69, 9.17) is 8.94 Å². The van der Waals surface area contributed by atoms with Crippen molar-refractivity contribution in [1.29, 1.82) is 0 Å². The van der Waals surface area contributed by atoms with Gasteiger partial charge >= 0.3 is 0 Å². The molecule has 4 aromatic rings. The molecular formula is C18H18N6O2S. The van der Waals surface area contributed by atoms with Gasteiger partial charge in [0.25, 0.3) is 0 Å². The lowest BCUT2D eigenvalue weighted by Crippen LogP contribution is -2.00. The topological polar surface area (TPSA) is 95.7 Å². The standard InChI is InChI=1S/C18H18N6O2S/c1-2-24-17(14-5-3-11-25-14)21-22-18(24)27-12-4-6-15-20-16(23-26-15)13-7-9-19-10-8-13/h3,5,7-11H,2,4,6,12H2,1H3. The molecule has 0 aliphatic rings. The van der Waals surface area contributed by atoms with Crippen LogP contribution in [0.2, 0.25) is 0 Å². The first-order valence-corrected chi connectivity index (χ1v) is 9.66. The lowest BCUT2D eigenvalue weighted by Gasteiger charge is -2.05. The highest BCUT2D eigenvalue weighted by Gasteiger charge is 2.15. The predicted molar refractivity (Wildman–Crippen MR) is 100.0 cm³/mol. The SMILES string of the molecule is CCn1c(SCCCc2nc(-c3ccncc3)no2)nnc1-c1ccco1. The van der Waals surface area contributed by atoms with Gasteiger partial charge < -0.3 is 8.94 Å². The molecule has 0 bridgehead atoms. The molecule has 0 radical (unpaired) electrons. The van der Waals surface area contributed by atoms with Crippen LogP contribution in [0.4, 0.5) is 0 Å². The molecule has 0 aromatic carbocycles. The Morgan fingerprint density at radius 2 is 2.04 bits per heavy atom. The molecule has 0 saturated carbocycles. The second-order valence-electron chi connectivity index (χ2n) is 5.73. The maximum Gasteiger partial charge on any atom is 0.226 e. The Balaban J connectivity index is 1.33. The van der Waals surface area contributed by atoms with Crippen LogP contribution >= 0.6 is 11.8 Å².